The van der Waals surface area contributed by atoms with E-state index >= 15 is 0 Å². The van der Waals surface area contributed by atoms with Crippen molar-refractivity contribution in [3.8, 4) is 0 Å². The predicted octanol–water partition coefficient (Wildman–Crippen LogP) is 1.62. The lowest BCUT2D eigenvalue weighted by Crippen LogP contribution is -2.37. The molecule has 98 valence electrons. The highest BCUT2D eigenvalue weighted by Gasteiger charge is 2.36. The SMILES string of the molecule is Cc1cc(C(=O)N(C[C@@H]2CCOC2)C2CC2)on1. The quantitative estimate of drug-likeness (QED) is 0.815. The van der Waals surface area contributed by atoms with E-state index in [0.717, 1.165) is 44.7 Å². The largest absolute Gasteiger partial charge is 0.381 e. The van der Waals surface area contributed by atoms with Gasteiger partial charge in [0, 0.05) is 31.2 Å². The van der Waals surface area contributed by atoms with Crippen LogP contribution in [0.3, 0.4) is 0 Å². The average Bonchev–Trinajstić information content (AvgIpc) is 2.88. The van der Waals surface area contributed by atoms with Gasteiger partial charge >= 0.3 is 0 Å². The van der Waals surface area contributed by atoms with Crippen molar-refractivity contribution in [3.05, 3.63) is 17.5 Å². The Kier molecular flexibility index (Phi) is 3.07. The summed E-state index contributed by atoms with van der Waals surface area (Å²) < 4.78 is 10.5. The molecule has 1 aliphatic heterocycles. The van der Waals surface area contributed by atoms with Crippen molar-refractivity contribution in [2.24, 2.45) is 5.92 Å². The van der Waals surface area contributed by atoms with Crippen LogP contribution in [0.1, 0.15) is 35.5 Å². The van der Waals surface area contributed by atoms with Gasteiger partial charge in [-0.3, -0.25) is 4.79 Å². The summed E-state index contributed by atoms with van der Waals surface area (Å²) in [5.41, 5.74) is 0.748. The van der Waals surface area contributed by atoms with Crippen LogP contribution in [0.5, 0.6) is 0 Å². The Hall–Kier alpha value is -1.36. The maximum Gasteiger partial charge on any atom is 0.292 e. The monoisotopic (exact) mass is 250 g/mol. The fourth-order valence-electron chi connectivity index (χ4n) is 2.40. The molecule has 1 aliphatic carbocycles. The first-order valence-corrected chi connectivity index (χ1v) is 6.56. The van der Waals surface area contributed by atoms with Crippen molar-refractivity contribution in [3.63, 3.8) is 0 Å². The lowest BCUT2D eigenvalue weighted by Gasteiger charge is -2.23. The van der Waals surface area contributed by atoms with Crippen LogP contribution in [-0.4, -0.2) is 41.8 Å². The van der Waals surface area contributed by atoms with Crippen LogP contribution in [0.4, 0.5) is 0 Å². The van der Waals surface area contributed by atoms with Crippen LogP contribution in [0.25, 0.3) is 0 Å². The van der Waals surface area contributed by atoms with Gasteiger partial charge < -0.3 is 14.2 Å². The minimum atomic E-state index is -0.0231. The molecule has 5 heteroatoms. The number of nitrogens with zero attached hydrogens (tertiary/aromatic N) is 2. The minimum absolute atomic E-state index is 0.0231. The van der Waals surface area contributed by atoms with Crippen LogP contribution >= 0.6 is 0 Å². The second-order valence-corrected chi connectivity index (χ2v) is 5.25. The molecule has 1 atom stereocenters. The molecule has 1 saturated carbocycles. The molecule has 0 radical (unpaired) electrons. The molecule has 1 aromatic rings. The van der Waals surface area contributed by atoms with Gasteiger partial charge in [0.2, 0.25) is 5.76 Å². The Bertz CT molecular complexity index is 433. The molecule has 0 N–H and O–H groups in total. The Morgan fingerprint density at radius 3 is 2.89 bits per heavy atom. The molecule has 5 nitrogen and oxygen atoms in total. The highest BCUT2D eigenvalue weighted by Crippen LogP contribution is 2.30. The molecule has 1 saturated heterocycles. The normalized spacial score (nSPS) is 23.3. The van der Waals surface area contributed by atoms with Crippen LogP contribution < -0.4 is 0 Å². The van der Waals surface area contributed by atoms with E-state index < -0.39 is 0 Å². The number of rotatable bonds is 4. The average molecular weight is 250 g/mol. The predicted molar refractivity (Wildman–Crippen MR) is 64.2 cm³/mol. The topological polar surface area (TPSA) is 55.6 Å². The fourth-order valence-corrected chi connectivity index (χ4v) is 2.40. The Morgan fingerprint density at radius 1 is 1.50 bits per heavy atom. The zero-order valence-corrected chi connectivity index (χ0v) is 10.6. The highest BCUT2D eigenvalue weighted by molar-refractivity contribution is 5.91. The lowest BCUT2D eigenvalue weighted by atomic mass is 10.1. The number of aromatic nitrogens is 1. The molecule has 3 rings (SSSR count). The molecule has 2 fully saturated rings. The van der Waals surface area contributed by atoms with Gasteiger partial charge in [-0.2, -0.15) is 0 Å². The van der Waals surface area contributed by atoms with Gasteiger partial charge in [0.1, 0.15) is 0 Å². The zero-order chi connectivity index (χ0) is 12.5. The molecule has 2 heterocycles. The van der Waals surface area contributed by atoms with Crippen molar-refractivity contribution >= 4 is 5.91 Å². The summed E-state index contributed by atoms with van der Waals surface area (Å²) in [7, 11) is 0. The van der Waals surface area contributed by atoms with Crippen molar-refractivity contribution in [2.45, 2.75) is 32.2 Å². The van der Waals surface area contributed by atoms with Gasteiger partial charge in [-0.1, -0.05) is 5.16 Å². The smallest absolute Gasteiger partial charge is 0.292 e. The molecule has 0 unspecified atom stereocenters. The molecule has 0 bridgehead atoms. The van der Waals surface area contributed by atoms with E-state index in [2.05, 4.69) is 5.16 Å². The van der Waals surface area contributed by atoms with Crippen LogP contribution in [0.2, 0.25) is 0 Å². The summed E-state index contributed by atoms with van der Waals surface area (Å²) >= 11 is 0. The molecular weight excluding hydrogens is 232 g/mol. The molecule has 0 aromatic carbocycles. The van der Waals surface area contributed by atoms with Gasteiger partial charge in [-0.15, -0.1) is 0 Å². The Balaban J connectivity index is 1.70. The number of hydrogen-bond donors (Lipinski definition) is 0. The van der Waals surface area contributed by atoms with E-state index in [4.69, 9.17) is 9.26 Å². The maximum absolute atomic E-state index is 12.4. The van der Waals surface area contributed by atoms with Gasteiger partial charge in [0.15, 0.2) is 0 Å². The first kappa shape index (κ1) is 11.7. The molecule has 2 aliphatic rings. The first-order valence-electron chi connectivity index (χ1n) is 6.56. The highest BCUT2D eigenvalue weighted by atomic mass is 16.5. The van der Waals surface area contributed by atoms with Gasteiger partial charge in [0.25, 0.3) is 5.91 Å². The van der Waals surface area contributed by atoms with E-state index in [9.17, 15) is 4.79 Å². The van der Waals surface area contributed by atoms with Crippen molar-refractivity contribution in [1.82, 2.24) is 10.1 Å². The Labute approximate surface area is 106 Å². The van der Waals surface area contributed by atoms with E-state index in [1.807, 2.05) is 11.8 Å². The Morgan fingerprint density at radius 2 is 2.33 bits per heavy atom. The molecule has 0 spiro atoms. The number of carbonyl (C=O) groups is 1. The number of aryl methyl sites for hydroxylation is 1. The number of carbonyl (C=O) groups excluding carboxylic acids is 1. The summed E-state index contributed by atoms with van der Waals surface area (Å²) in [6.45, 7) is 4.19. The maximum atomic E-state index is 12.4. The second-order valence-electron chi connectivity index (χ2n) is 5.25. The second kappa shape index (κ2) is 4.72. The fraction of sp³-hybridized carbons (Fsp3) is 0.692. The lowest BCUT2D eigenvalue weighted by molar-refractivity contribution is 0.0664. The number of hydrogen-bond acceptors (Lipinski definition) is 4. The van der Waals surface area contributed by atoms with E-state index in [1.165, 1.54) is 0 Å². The first-order chi connectivity index (χ1) is 8.74. The third-order valence-electron chi connectivity index (χ3n) is 3.57. The molecule has 1 amide bonds. The molecule has 18 heavy (non-hydrogen) atoms. The van der Waals surface area contributed by atoms with Gasteiger partial charge in [0.05, 0.1) is 12.3 Å². The van der Waals surface area contributed by atoms with Crippen molar-refractivity contribution < 1.29 is 14.1 Å². The van der Waals surface area contributed by atoms with Crippen LogP contribution in [0, 0.1) is 12.8 Å². The van der Waals surface area contributed by atoms with Crippen molar-refractivity contribution in [1.29, 1.82) is 0 Å². The third-order valence-corrected chi connectivity index (χ3v) is 3.57. The summed E-state index contributed by atoms with van der Waals surface area (Å²) in [4.78, 5) is 14.3. The van der Waals surface area contributed by atoms with E-state index in [0.29, 0.717) is 17.7 Å². The summed E-state index contributed by atoms with van der Waals surface area (Å²) in [5, 5.41) is 3.78. The molecular formula is C13H18N2O3. The number of amides is 1. The summed E-state index contributed by atoms with van der Waals surface area (Å²) in [5.74, 6) is 0.807. The van der Waals surface area contributed by atoms with Gasteiger partial charge in [-0.25, -0.2) is 0 Å². The van der Waals surface area contributed by atoms with E-state index in [1.54, 1.807) is 6.07 Å². The standard InChI is InChI=1S/C13H18N2O3/c1-9-6-12(18-14-9)13(16)15(11-2-3-11)7-10-4-5-17-8-10/h6,10-11H,2-5,7-8H2,1H3/t10-/m0/s1. The van der Waals surface area contributed by atoms with Crippen LogP contribution in [0.15, 0.2) is 10.6 Å². The third kappa shape index (κ3) is 2.41. The van der Waals surface area contributed by atoms with E-state index in [-0.39, 0.29) is 5.91 Å². The summed E-state index contributed by atoms with van der Waals surface area (Å²) in [6, 6.07) is 2.10. The van der Waals surface area contributed by atoms with Gasteiger partial charge in [-0.05, 0) is 26.2 Å². The molecule has 1 aromatic heterocycles. The van der Waals surface area contributed by atoms with Crippen molar-refractivity contribution in [2.75, 3.05) is 19.8 Å². The minimum Gasteiger partial charge on any atom is -0.381 e. The zero-order valence-electron chi connectivity index (χ0n) is 10.6. The van der Waals surface area contributed by atoms with Crippen LogP contribution in [-0.2, 0) is 4.74 Å². The summed E-state index contributed by atoms with van der Waals surface area (Å²) in [6.07, 6.45) is 3.25. The number of ether oxygens (including phenoxy) is 1.